The Morgan fingerprint density at radius 1 is 1.09 bits per heavy atom. The molecular weight excluding hydrogens is 552 g/mol. The number of carbonyl (C=O) groups is 1. The van der Waals surface area contributed by atoms with Crippen molar-refractivity contribution in [3.8, 4) is 11.4 Å². The first-order valence-electron chi connectivity index (χ1n) is 15.3. The zero-order valence-corrected chi connectivity index (χ0v) is 27.9. The lowest BCUT2D eigenvalue weighted by Crippen LogP contribution is -2.42. The van der Waals surface area contributed by atoms with Crippen molar-refractivity contribution >= 4 is 31.2 Å². The minimum absolute atomic E-state index is 0.0434. The molecule has 8 heteroatoms. The summed E-state index contributed by atoms with van der Waals surface area (Å²) in [7, 11) is -0.308. The van der Waals surface area contributed by atoms with E-state index in [0.29, 0.717) is 5.92 Å². The van der Waals surface area contributed by atoms with E-state index in [1.54, 1.807) is 19.5 Å². The van der Waals surface area contributed by atoms with Crippen LogP contribution in [0.3, 0.4) is 0 Å². The van der Waals surface area contributed by atoms with Gasteiger partial charge in [0.2, 0.25) is 5.91 Å². The summed E-state index contributed by atoms with van der Waals surface area (Å²) in [5.41, 5.74) is 5.30. The van der Waals surface area contributed by atoms with Crippen molar-refractivity contribution in [3.05, 3.63) is 84.1 Å². The first-order chi connectivity index (χ1) is 20.4. The smallest absolute Gasteiger partial charge is 0.246 e. The van der Waals surface area contributed by atoms with E-state index in [0.717, 1.165) is 48.6 Å². The number of imidazole rings is 1. The Balaban J connectivity index is 1.28. The molecule has 1 aliphatic heterocycles. The predicted molar refractivity (Wildman–Crippen MR) is 177 cm³/mol. The second-order valence-electron chi connectivity index (χ2n) is 13.3. The van der Waals surface area contributed by atoms with Crippen molar-refractivity contribution in [2.45, 2.75) is 77.7 Å². The molecule has 7 nitrogen and oxygen atoms in total. The minimum Gasteiger partial charge on any atom is -0.495 e. The average molecular weight is 599 g/mol. The van der Waals surface area contributed by atoms with Crippen molar-refractivity contribution in [3.63, 3.8) is 0 Å². The van der Waals surface area contributed by atoms with Gasteiger partial charge in [0.05, 0.1) is 30.3 Å². The molecule has 4 aromatic rings. The molecule has 0 spiro atoms. The fourth-order valence-electron chi connectivity index (χ4n) is 5.81. The molecule has 1 saturated heterocycles. The number of fused-ring (bicyclic) bond motifs is 1. The van der Waals surface area contributed by atoms with Crippen LogP contribution < -0.4 is 4.74 Å². The van der Waals surface area contributed by atoms with Crippen LogP contribution in [0.15, 0.2) is 67.1 Å². The van der Waals surface area contributed by atoms with Crippen LogP contribution in [0.25, 0.3) is 22.7 Å². The maximum atomic E-state index is 13.2. The van der Waals surface area contributed by atoms with E-state index in [2.05, 4.69) is 80.7 Å². The Kier molecular flexibility index (Phi) is 8.72. The highest BCUT2D eigenvalue weighted by Gasteiger charge is 2.39. The zero-order chi connectivity index (χ0) is 30.9. The molecule has 1 fully saturated rings. The van der Waals surface area contributed by atoms with Gasteiger partial charge in [-0.2, -0.15) is 0 Å². The number of benzene rings is 2. The van der Waals surface area contributed by atoms with Crippen molar-refractivity contribution < 1.29 is 14.0 Å². The number of carbonyl (C=O) groups excluding carboxylic acids is 1. The number of amides is 1. The van der Waals surface area contributed by atoms with Gasteiger partial charge in [-0.25, -0.2) is 4.98 Å². The Hall–Kier alpha value is -3.62. The number of rotatable bonds is 8. The average Bonchev–Trinajstić information content (AvgIpc) is 3.58. The third kappa shape index (κ3) is 6.50. The van der Waals surface area contributed by atoms with Crippen LogP contribution in [0.4, 0.5) is 0 Å². The van der Waals surface area contributed by atoms with Gasteiger partial charge in [0, 0.05) is 37.0 Å². The molecule has 0 radical (unpaired) electrons. The van der Waals surface area contributed by atoms with Gasteiger partial charge < -0.3 is 23.2 Å². The van der Waals surface area contributed by atoms with Gasteiger partial charge in [-0.3, -0.25) is 4.79 Å². The molecular formula is C35H46N4O3Si. The molecule has 5 rings (SSSR count). The van der Waals surface area contributed by atoms with E-state index in [1.807, 2.05) is 46.9 Å². The van der Waals surface area contributed by atoms with Crippen molar-refractivity contribution in [1.82, 2.24) is 19.0 Å². The van der Waals surface area contributed by atoms with Gasteiger partial charge in [-0.15, -0.1) is 0 Å². The zero-order valence-electron chi connectivity index (χ0n) is 26.9. The van der Waals surface area contributed by atoms with Gasteiger partial charge in [-0.05, 0) is 86.1 Å². The molecule has 0 bridgehead atoms. The molecule has 0 N–H and O–H groups in total. The largest absolute Gasteiger partial charge is 0.495 e. The molecule has 3 heterocycles. The first kappa shape index (κ1) is 30.8. The predicted octanol–water partition coefficient (Wildman–Crippen LogP) is 8.10. The molecule has 43 heavy (non-hydrogen) atoms. The highest BCUT2D eigenvalue weighted by molar-refractivity contribution is 6.74. The van der Waals surface area contributed by atoms with E-state index in [1.165, 1.54) is 16.6 Å². The third-order valence-corrected chi connectivity index (χ3v) is 13.8. The highest BCUT2D eigenvalue weighted by Crippen LogP contribution is 2.41. The minimum atomic E-state index is -1.97. The Morgan fingerprint density at radius 2 is 1.81 bits per heavy atom. The Labute approximate surface area is 257 Å². The maximum absolute atomic E-state index is 13.2. The number of likely N-dealkylation sites (tertiary alicyclic amines) is 1. The monoisotopic (exact) mass is 598 g/mol. The van der Waals surface area contributed by atoms with E-state index in [-0.39, 0.29) is 17.2 Å². The first-order valence-corrected chi connectivity index (χ1v) is 18.2. The maximum Gasteiger partial charge on any atom is 0.246 e. The summed E-state index contributed by atoms with van der Waals surface area (Å²) < 4.78 is 16.9. The number of methoxy groups -OCH3 is 1. The molecule has 1 aliphatic rings. The van der Waals surface area contributed by atoms with E-state index < -0.39 is 8.32 Å². The van der Waals surface area contributed by atoms with Crippen molar-refractivity contribution in [2.75, 3.05) is 20.2 Å². The normalized spacial score (nSPS) is 15.9. The van der Waals surface area contributed by atoms with Gasteiger partial charge in [0.1, 0.15) is 12.0 Å². The lowest BCUT2D eigenvalue weighted by molar-refractivity contribution is -0.127. The van der Waals surface area contributed by atoms with Crippen LogP contribution in [0.5, 0.6) is 5.75 Å². The molecule has 228 valence electrons. The number of hydrogen-bond donors (Lipinski definition) is 0. The van der Waals surface area contributed by atoms with Crippen LogP contribution >= 0.6 is 0 Å². The summed E-state index contributed by atoms with van der Waals surface area (Å²) in [6.07, 6.45) is 9.09. The molecule has 2 aromatic carbocycles. The second kappa shape index (κ2) is 12.2. The standard InChI is InChI=1S/C35H46N4O3Si/c1-25-23-38(24-36-25)31-15-13-27(21-33(31)41-6)14-16-34(40)37-19-17-28(18-20-37)32-22-29-11-9-10-12-30(29)39(32)26(2)42-43(7,8)35(3,4)5/h9-16,21-24,26,28H,17-20H2,1-8H3. The quantitative estimate of drug-likeness (QED) is 0.152. The summed E-state index contributed by atoms with van der Waals surface area (Å²) in [5.74, 6) is 1.14. The molecule has 1 amide bonds. The summed E-state index contributed by atoms with van der Waals surface area (Å²) in [4.78, 5) is 19.5. The van der Waals surface area contributed by atoms with Crippen LogP contribution in [0, 0.1) is 6.92 Å². The van der Waals surface area contributed by atoms with Crippen LogP contribution in [-0.2, 0) is 9.22 Å². The Morgan fingerprint density at radius 3 is 2.47 bits per heavy atom. The molecule has 1 unspecified atom stereocenters. The van der Waals surface area contributed by atoms with Crippen LogP contribution in [-0.4, -0.2) is 53.4 Å². The summed E-state index contributed by atoms with van der Waals surface area (Å²) in [6, 6.07) is 16.9. The van der Waals surface area contributed by atoms with E-state index >= 15 is 0 Å². The van der Waals surface area contributed by atoms with Crippen molar-refractivity contribution in [1.29, 1.82) is 0 Å². The lowest BCUT2D eigenvalue weighted by Gasteiger charge is -2.40. The number of ether oxygens (including phenoxy) is 1. The SMILES string of the molecule is COc1cc(C=CC(=O)N2CCC(c3cc4ccccc4n3C(C)O[Si](C)(C)C(C)(C)C)CC2)ccc1-n1cnc(C)c1. The lowest BCUT2D eigenvalue weighted by atomic mass is 9.93. The van der Waals surface area contributed by atoms with E-state index in [9.17, 15) is 4.79 Å². The van der Waals surface area contributed by atoms with Gasteiger partial charge in [0.25, 0.3) is 0 Å². The molecule has 0 saturated carbocycles. The fraction of sp³-hybridized carbons (Fsp3) is 0.429. The molecule has 1 atom stereocenters. The summed E-state index contributed by atoms with van der Waals surface area (Å²) in [5, 5.41) is 1.38. The topological polar surface area (TPSA) is 61.5 Å². The van der Waals surface area contributed by atoms with Crippen molar-refractivity contribution in [2.24, 2.45) is 0 Å². The number of nitrogens with zero attached hydrogens (tertiary/aromatic N) is 4. The fourth-order valence-corrected chi connectivity index (χ4v) is 7.12. The second-order valence-corrected chi connectivity index (χ2v) is 18.0. The molecule has 2 aromatic heterocycles. The van der Waals surface area contributed by atoms with Gasteiger partial charge in [0.15, 0.2) is 8.32 Å². The third-order valence-electron chi connectivity index (χ3n) is 9.25. The number of hydrogen-bond acceptors (Lipinski definition) is 4. The summed E-state index contributed by atoms with van der Waals surface area (Å²) >= 11 is 0. The summed E-state index contributed by atoms with van der Waals surface area (Å²) in [6.45, 7) is 17.1. The van der Waals surface area contributed by atoms with Crippen LogP contribution in [0.1, 0.15) is 69.6 Å². The number of aryl methyl sites for hydroxylation is 1. The molecule has 0 aliphatic carbocycles. The number of piperidine rings is 1. The number of para-hydroxylation sites is 1. The van der Waals surface area contributed by atoms with Gasteiger partial charge >= 0.3 is 0 Å². The highest BCUT2D eigenvalue weighted by atomic mass is 28.4. The van der Waals surface area contributed by atoms with Crippen LogP contribution in [0.2, 0.25) is 18.1 Å². The van der Waals surface area contributed by atoms with E-state index in [4.69, 9.17) is 9.16 Å². The van der Waals surface area contributed by atoms with Gasteiger partial charge in [-0.1, -0.05) is 45.0 Å². The Bertz CT molecular complexity index is 1620. The number of aromatic nitrogens is 3.